The molecule has 0 amide bonds. The van der Waals surface area contributed by atoms with Crippen LogP contribution in [0.25, 0.3) is 0 Å². The Hall–Kier alpha value is -2.03. The number of aryl methyl sites for hydroxylation is 2. The molecule has 0 atom stereocenters. The maximum Gasteiger partial charge on any atom is 0.123 e. The number of benzene rings is 2. The molecule has 0 saturated heterocycles. The van der Waals surface area contributed by atoms with Crippen molar-refractivity contribution in [1.29, 1.82) is 0 Å². The highest BCUT2D eigenvalue weighted by Gasteiger charge is 2.11. The SMILES string of the molecule is Nc1ccc(F)cc1COc1ccc2c(c1)CCC2. The van der Waals surface area contributed by atoms with Crippen molar-refractivity contribution in [2.24, 2.45) is 0 Å². The second-order valence-corrected chi connectivity index (χ2v) is 4.92. The lowest BCUT2D eigenvalue weighted by molar-refractivity contribution is 0.306. The fraction of sp³-hybridized carbons (Fsp3) is 0.250. The van der Waals surface area contributed by atoms with Crippen molar-refractivity contribution in [2.75, 3.05) is 5.73 Å². The lowest BCUT2D eigenvalue weighted by Crippen LogP contribution is -2.01. The Kier molecular flexibility index (Phi) is 3.11. The van der Waals surface area contributed by atoms with Crippen molar-refractivity contribution >= 4 is 5.69 Å². The van der Waals surface area contributed by atoms with E-state index in [-0.39, 0.29) is 5.82 Å². The first kappa shape index (κ1) is 12.0. The van der Waals surface area contributed by atoms with Crippen molar-refractivity contribution < 1.29 is 9.13 Å². The fourth-order valence-electron chi connectivity index (χ4n) is 2.50. The number of hydrogen-bond donors (Lipinski definition) is 1. The first-order valence-electron chi connectivity index (χ1n) is 6.51. The van der Waals surface area contributed by atoms with E-state index in [1.54, 1.807) is 6.07 Å². The second-order valence-electron chi connectivity index (χ2n) is 4.92. The van der Waals surface area contributed by atoms with E-state index >= 15 is 0 Å². The van der Waals surface area contributed by atoms with Gasteiger partial charge in [-0.05, 0) is 60.7 Å². The number of ether oxygens (including phenoxy) is 1. The van der Waals surface area contributed by atoms with Gasteiger partial charge in [0.1, 0.15) is 18.2 Å². The molecule has 0 unspecified atom stereocenters. The van der Waals surface area contributed by atoms with Gasteiger partial charge in [-0.1, -0.05) is 6.07 Å². The zero-order valence-electron chi connectivity index (χ0n) is 10.7. The minimum atomic E-state index is -0.290. The lowest BCUT2D eigenvalue weighted by Gasteiger charge is -2.10. The summed E-state index contributed by atoms with van der Waals surface area (Å²) >= 11 is 0. The average molecular weight is 257 g/mol. The van der Waals surface area contributed by atoms with E-state index in [0.717, 1.165) is 18.6 Å². The summed E-state index contributed by atoms with van der Waals surface area (Å²) in [4.78, 5) is 0. The normalized spacial score (nSPS) is 13.3. The molecule has 0 heterocycles. The molecule has 0 spiro atoms. The first-order valence-corrected chi connectivity index (χ1v) is 6.51. The summed E-state index contributed by atoms with van der Waals surface area (Å²) in [6, 6.07) is 10.5. The minimum absolute atomic E-state index is 0.290. The highest BCUT2D eigenvalue weighted by molar-refractivity contribution is 5.46. The van der Waals surface area contributed by atoms with E-state index in [1.807, 2.05) is 6.07 Å². The van der Waals surface area contributed by atoms with Crippen molar-refractivity contribution in [2.45, 2.75) is 25.9 Å². The van der Waals surface area contributed by atoms with E-state index < -0.39 is 0 Å². The Labute approximate surface area is 112 Å². The molecule has 0 bridgehead atoms. The summed E-state index contributed by atoms with van der Waals surface area (Å²) in [5.74, 6) is 0.533. The Morgan fingerprint density at radius 1 is 1.05 bits per heavy atom. The number of hydrogen-bond acceptors (Lipinski definition) is 2. The van der Waals surface area contributed by atoms with Crippen LogP contribution in [0.15, 0.2) is 36.4 Å². The fourth-order valence-corrected chi connectivity index (χ4v) is 2.50. The van der Waals surface area contributed by atoms with Crippen LogP contribution in [0.3, 0.4) is 0 Å². The molecule has 0 saturated carbocycles. The minimum Gasteiger partial charge on any atom is -0.489 e. The molecule has 2 N–H and O–H groups in total. The molecule has 1 aliphatic rings. The molecule has 1 aliphatic carbocycles. The van der Waals surface area contributed by atoms with Crippen LogP contribution >= 0.6 is 0 Å². The summed E-state index contributed by atoms with van der Waals surface area (Å²) in [7, 11) is 0. The summed E-state index contributed by atoms with van der Waals surface area (Å²) in [5, 5.41) is 0. The number of halogens is 1. The molecule has 98 valence electrons. The molecular weight excluding hydrogens is 241 g/mol. The van der Waals surface area contributed by atoms with Crippen LogP contribution in [0.1, 0.15) is 23.1 Å². The highest BCUT2D eigenvalue weighted by atomic mass is 19.1. The molecule has 0 aromatic heterocycles. The van der Waals surface area contributed by atoms with Crippen molar-refractivity contribution in [3.63, 3.8) is 0 Å². The number of nitrogen functional groups attached to an aromatic ring is 1. The summed E-state index contributed by atoms with van der Waals surface area (Å²) < 4.78 is 18.8. The third-order valence-electron chi connectivity index (χ3n) is 3.57. The lowest BCUT2D eigenvalue weighted by atomic mass is 10.1. The monoisotopic (exact) mass is 257 g/mol. The molecule has 3 rings (SSSR count). The van der Waals surface area contributed by atoms with Gasteiger partial charge in [-0.3, -0.25) is 0 Å². The molecule has 2 aromatic carbocycles. The van der Waals surface area contributed by atoms with Gasteiger partial charge in [0.05, 0.1) is 0 Å². The second kappa shape index (κ2) is 4.92. The van der Waals surface area contributed by atoms with Gasteiger partial charge >= 0.3 is 0 Å². The first-order chi connectivity index (χ1) is 9.22. The Balaban J connectivity index is 1.74. The van der Waals surface area contributed by atoms with Gasteiger partial charge in [0, 0.05) is 11.3 Å². The molecular formula is C16H16FNO. The van der Waals surface area contributed by atoms with E-state index in [4.69, 9.17) is 10.5 Å². The zero-order chi connectivity index (χ0) is 13.2. The van der Waals surface area contributed by atoms with Crippen molar-refractivity contribution in [1.82, 2.24) is 0 Å². The zero-order valence-corrected chi connectivity index (χ0v) is 10.7. The van der Waals surface area contributed by atoms with E-state index in [0.29, 0.717) is 17.9 Å². The van der Waals surface area contributed by atoms with Gasteiger partial charge in [-0.25, -0.2) is 4.39 Å². The van der Waals surface area contributed by atoms with Gasteiger partial charge in [-0.15, -0.1) is 0 Å². The van der Waals surface area contributed by atoms with Crippen LogP contribution in [0.2, 0.25) is 0 Å². The topological polar surface area (TPSA) is 35.2 Å². The van der Waals surface area contributed by atoms with Crippen LogP contribution in [0.5, 0.6) is 5.75 Å². The third-order valence-corrected chi connectivity index (χ3v) is 3.57. The number of nitrogens with two attached hydrogens (primary N) is 1. The van der Waals surface area contributed by atoms with Crippen LogP contribution in [0.4, 0.5) is 10.1 Å². The van der Waals surface area contributed by atoms with Gasteiger partial charge < -0.3 is 10.5 Å². The molecule has 0 aliphatic heterocycles. The molecule has 0 radical (unpaired) electrons. The maximum absolute atomic E-state index is 13.1. The van der Waals surface area contributed by atoms with E-state index in [1.165, 1.54) is 29.7 Å². The van der Waals surface area contributed by atoms with Crippen LogP contribution in [-0.4, -0.2) is 0 Å². The predicted molar refractivity (Wildman–Crippen MR) is 73.6 cm³/mol. The molecule has 3 heteroatoms. The van der Waals surface area contributed by atoms with E-state index in [2.05, 4.69) is 12.1 Å². The van der Waals surface area contributed by atoms with Gasteiger partial charge in [0.15, 0.2) is 0 Å². The van der Waals surface area contributed by atoms with Crippen molar-refractivity contribution in [3.8, 4) is 5.75 Å². The average Bonchev–Trinajstić information content (AvgIpc) is 2.87. The van der Waals surface area contributed by atoms with Gasteiger partial charge in [0.25, 0.3) is 0 Å². The summed E-state index contributed by atoms with van der Waals surface area (Å²) in [6.07, 6.45) is 3.50. The predicted octanol–water partition coefficient (Wildman–Crippen LogP) is 3.48. The largest absolute Gasteiger partial charge is 0.489 e. The molecule has 2 aromatic rings. The summed E-state index contributed by atoms with van der Waals surface area (Å²) in [6.45, 7) is 0.294. The molecule has 19 heavy (non-hydrogen) atoms. The van der Waals surface area contributed by atoms with Crippen LogP contribution in [-0.2, 0) is 19.4 Å². The molecule has 2 nitrogen and oxygen atoms in total. The quantitative estimate of drug-likeness (QED) is 0.854. The Bertz CT molecular complexity index is 610. The van der Waals surface area contributed by atoms with Gasteiger partial charge in [-0.2, -0.15) is 0 Å². The number of rotatable bonds is 3. The Morgan fingerprint density at radius 3 is 2.79 bits per heavy atom. The standard InChI is InChI=1S/C16H16FNO/c17-14-5-7-16(18)13(8-14)10-19-15-6-4-11-2-1-3-12(11)9-15/h4-9H,1-3,10,18H2. The number of fused-ring (bicyclic) bond motifs is 1. The van der Waals surface area contributed by atoms with Crippen molar-refractivity contribution in [3.05, 3.63) is 58.9 Å². The maximum atomic E-state index is 13.1. The molecule has 0 fully saturated rings. The van der Waals surface area contributed by atoms with Crippen LogP contribution < -0.4 is 10.5 Å². The van der Waals surface area contributed by atoms with E-state index in [9.17, 15) is 4.39 Å². The third kappa shape index (κ3) is 2.55. The highest BCUT2D eigenvalue weighted by Crippen LogP contribution is 2.26. The smallest absolute Gasteiger partial charge is 0.123 e. The van der Waals surface area contributed by atoms with Crippen LogP contribution in [0, 0.1) is 5.82 Å². The van der Waals surface area contributed by atoms with Gasteiger partial charge in [0.2, 0.25) is 0 Å². The summed E-state index contributed by atoms with van der Waals surface area (Å²) in [5.41, 5.74) is 9.82. The Morgan fingerprint density at radius 2 is 1.89 bits per heavy atom. The number of anilines is 1.